The molecule has 0 saturated carbocycles. The standard InChI is InChI=1S/C28H21BrN2/c1-20-12-14-23(15-13-20)28-30-26(21-8-4-2-5-9-21)27(22-10-6-3-7-11-22)31(28)25-18-16-24(29)17-19-25/h2-19H,1H3. The maximum absolute atomic E-state index is 5.21. The Labute approximate surface area is 191 Å². The molecule has 2 nitrogen and oxygen atoms in total. The molecule has 31 heavy (non-hydrogen) atoms. The summed E-state index contributed by atoms with van der Waals surface area (Å²) in [5.74, 6) is 0.931. The lowest BCUT2D eigenvalue weighted by atomic mass is 10.0. The second kappa shape index (κ2) is 8.37. The van der Waals surface area contributed by atoms with E-state index < -0.39 is 0 Å². The van der Waals surface area contributed by atoms with Gasteiger partial charge in [-0.3, -0.25) is 4.57 Å². The number of nitrogens with zero attached hydrogens (tertiary/aromatic N) is 2. The summed E-state index contributed by atoms with van der Waals surface area (Å²) >= 11 is 3.57. The summed E-state index contributed by atoms with van der Waals surface area (Å²) in [5, 5.41) is 0. The molecule has 150 valence electrons. The van der Waals surface area contributed by atoms with E-state index in [2.05, 4.69) is 124 Å². The second-order valence-electron chi connectivity index (χ2n) is 7.54. The van der Waals surface area contributed by atoms with E-state index in [1.807, 2.05) is 12.1 Å². The molecule has 0 N–H and O–H groups in total. The number of halogens is 1. The second-order valence-corrected chi connectivity index (χ2v) is 8.46. The third-order valence-corrected chi connectivity index (χ3v) is 5.90. The molecule has 4 aromatic carbocycles. The summed E-state index contributed by atoms with van der Waals surface area (Å²) in [7, 11) is 0. The first-order valence-corrected chi connectivity index (χ1v) is 11.1. The van der Waals surface area contributed by atoms with Crippen molar-refractivity contribution in [3.63, 3.8) is 0 Å². The molecular formula is C28H21BrN2. The van der Waals surface area contributed by atoms with Crippen LogP contribution in [0, 0.1) is 6.92 Å². The van der Waals surface area contributed by atoms with Crippen molar-refractivity contribution in [1.29, 1.82) is 0 Å². The molecule has 0 bridgehead atoms. The Hall–Kier alpha value is -3.43. The minimum Gasteiger partial charge on any atom is -0.292 e. The first kappa shape index (κ1) is 19.5. The number of aromatic nitrogens is 2. The van der Waals surface area contributed by atoms with Gasteiger partial charge in [0.15, 0.2) is 0 Å². The zero-order valence-corrected chi connectivity index (χ0v) is 18.8. The molecule has 0 unspecified atom stereocenters. The van der Waals surface area contributed by atoms with Crippen LogP contribution in [0.15, 0.2) is 114 Å². The van der Waals surface area contributed by atoms with Crippen LogP contribution >= 0.6 is 15.9 Å². The third-order valence-electron chi connectivity index (χ3n) is 5.37. The van der Waals surface area contributed by atoms with Crippen LogP contribution in [0.1, 0.15) is 5.56 Å². The first-order chi connectivity index (χ1) is 15.2. The van der Waals surface area contributed by atoms with E-state index in [0.29, 0.717) is 0 Å². The predicted octanol–water partition coefficient (Wildman–Crippen LogP) is 7.94. The van der Waals surface area contributed by atoms with Crippen molar-refractivity contribution in [3.05, 3.63) is 119 Å². The molecule has 0 spiro atoms. The van der Waals surface area contributed by atoms with Crippen LogP contribution in [0.25, 0.3) is 39.6 Å². The minimum absolute atomic E-state index is 0.931. The molecule has 5 rings (SSSR count). The summed E-state index contributed by atoms with van der Waals surface area (Å²) < 4.78 is 3.33. The van der Waals surface area contributed by atoms with Crippen LogP contribution in [-0.2, 0) is 0 Å². The van der Waals surface area contributed by atoms with Crippen LogP contribution < -0.4 is 0 Å². The van der Waals surface area contributed by atoms with Crippen molar-refractivity contribution in [2.75, 3.05) is 0 Å². The van der Waals surface area contributed by atoms with Gasteiger partial charge in [0.2, 0.25) is 0 Å². The van der Waals surface area contributed by atoms with Crippen LogP contribution in [0.4, 0.5) is 0 Å². The maximum Gasteiger partial charge on any atom is 0.145 e. The fraction of sp³-hybridized carbons (Fsp3) is 0.0357. The topological polar surface area (TPSA) is 17.8 Å². The normalized spacial score (nSPS) is 10.9. The lowest BCUT2D eigenvalue weighted by Gasteiger charge is -2.14. The van der Waals surface area contributed by atoms with Gasteiger partial charge in [-0.2, -0.15) is 0 Å². The highest BCUT2D eigenvalue weighted by Gasteiger charge is 2.22. The predicted molar refractivity (Wildman–Crippen MR) is 132 cm³/mol. The summed E-state index contributed by atoms with van der Waals surface area (Å²) in [6.45, 7) is 2.11. The van der Waals surface area contributed by atoms with E-state index in [1.165, 1.54) is 5.56 Å². The van der Waals surface area contributed by atoms with Crippen molar-refractivity contribution < 1.29 is 0 Å². The van der Waals surface area contributed by atoms with Crippen LogP contribution in [0.3, 0.4) is 0 Å². The summed E-state index contributed by atoms with van der Waals surface area (Å²) in [6.07, 6.45) is 0. The minimum atomic E-state index is 0.931. The van der Waals surface area contributed by atoms with Gasteiger partial charge in [0.25, 0.3) is 0 Å². The van der Waals surface area contributed by atoms with Gasteiger partial charge >= 0.3 is 0 Å². The zero-order chi connectivity index (χ0) is 21.2. The SMILES string of the molecule is Cc1ccc(-c2nc(-c3ccccc3)c(-c3ccccc3)n2-c2ccc(Br)cc2)cc1. The average molecular weight is 465 g/mol. The highest BCUT2D eigenvalue weighted by atomic mass is 79.9. The number of benzene rings is 4. The molecule has 0 saturated heterocycles. The van der Waals surface area contributed by atoms with Crippen molar-refractivity contribution in [2.45, 2.75) is 6.92 Å². The van der Waals surface area contributed by atoms with Gasteiger partial charge in [-0.1, -0.05) is 106 Å². The van der Waals surface area contributed by atoms with Crippen molar-refractivity contribution >= 4 is 15.9 Å². The van der Waals surface area contributed by atoms with E-state index in [9.17, 15) is 0 Å². The molecule has 0 aliphatic rings. The van der Waals surface area contributed by atoms with Gasteiger partial charge in [-0.15, -0.1) is 0 Å². The van der Waals surface area contributed by atoms with Crippen molar-refractivity contribution in [2.24, 2.45) is 0 Å². The van der Waals surface area contributed by atoms with E-state index in [-0.39, 0.29) is 0 Å². The van der Waals surface area contributed by atoms with Gasteiger partial charge in [0, 0.05) is 26.9 Å². The van der Waals surface area contributed by atoms with Crippen LogP contribution in [0.5, 0.6) is 0 Å². The number of rotatable bonds is 4. The van der Waals surface area contributed by atoms with Gasteiger partial charge < -0.3 is 0 Å². The van der Waals surface area contributed by atoms with Crippen LogP contribution in [0.2, 0.25) is 0 Å². The van der Waals surface area contributed by atoms with Gasteiger partial charge in [-0.05, 0) is 31.2 Å². The summed E-state index contributed by atoms with van der Waals surface area (Å²) in [6, 6.07) is 37.9. The third kappa shape index (κ3) is 3.85. The van der Waals surface area contributed by atoms with E-state index in [4.69, 9.17) is 4.98 Å². The lowest BCUT2D eigenvalue weighted by Crippen LogP contribution is -2.00. The molecule has 0 aliphatic carbocycles. The summed E-state index contributed by atoms with van der Waals surface area (Å²) in [5.41, 5.74) is 7.70. The Balaban J connectivity index is 1.87. The fourth-order valence-electron chi connectivity index (χ4n) is 3.82. The molecule has 0 fully saturated rings. The van der Waals surface area contributed by atoms with E-state index in [1.54, 1.807) is 0 Å². The van der Waals surface area contributed by atoms with E-state index >= 15 is 0 Å². The molecule has 5 aromatic rings. The molecule has 0 atom stereocenters. The highest BCUT2D eigenvalue weighted by molar-refractivity contribution is 9.10. The zero-order valence-electron chi connectivity index (χ0n) is 17.2. The molecule has 1 aromatic heterocycles. The molecule has 0 amide bonds. The number of imidazole rings is 1. The van der Waals surface area contributed by atoms with Gasteiger partial charge in [0.1, 0.15) is 5.82 Å². The van der Waals surface area contributed by atoms with Crippen LogP contribution in [-0.4, -0.2) is 9.55 Å². The smallest absolute Gasteiger partial charge is 0.145 e. The molecule has 1 heterocycles. The number of aryl methyl sites for hydroxylation is 1. The Morgan fingerprint density at radius 3 is 1.81 bits per heavy atom. The highest BCUT2D eigenvalue weighted by Crippen LogP contribution is 2.38. The summed E-state index contributed by atoms with van der Waals surface area (Å²) in [4.78, 5) is 5.21. The Bertz CT molecular complexity index is 1300. The lowest BCUT2D eigenvalue weighted by molar-refractivity contribution is 1.07. The molecule has 0 aliphatic heterocycles. The molecule has 0 radical (unpaired) electrons. The maximum atomic E-state index is 5.21. The first-order valence-electron chi connectivity index (χ1n) is 10.3. The van der Waals surface area contributed by atoms with Crippen molar-refractivity contribution in [1.82, 2.24) is 9.55 Å². The Kier molecular flexibility index (Phi) is 5.27. The Morgan fingerprint density at radius 2 is 1.19 bits per heavy atom. The average Bonchev–Trinajstić information content (AvgIpc) is 3.22. The number of hydrogen-bond acceptors (Lipinski definition) is 1. The van der Waals surface area contributed by atoms with Gasteiger partial charge in [0.05, 0.1) is 11.4 Å². The molecular weight excluding hydrogens is 444 g/mol. The number of hydrogen-bond donors (Lipinski definition) is 0. The van der Waals surface area contributed by atoms with Gasteiger partial charge in [-0.25, -0.2) is 4.98 Å². The largest absolute Gasteiger partial charge is 0.292 e. The quantitative estimate of drug-likeness (QED) is 0.263. The fourth-order valence-corrected chi connectivity index (χ4v) is 4.08. The Morgan fingerprint density at radius 1 is 0.613 bits per heavy atom. The monoisotopic (exact) mass is 464 g/mol. The molecule has 3 heteroatoms. The van der Waals surface area contributed by atoms with Crippen molar-refractivity contribution in [3.8, 4) is 39.6 Å². The van der Waals surface area contributed by atoms with E-state index in [0.717, 1.165) is 44.1 Å².